The van der Waals surface area contributed by atoms with Gasteiger partial charge in [0.1, 0.15) is 5.60 Å². The van der Waals surface area contributed by atoms with Gasteiger partial charge in [0.05, 0.1) is 82.1 Å². The highest BCUT2D eigenvalue weighted by Crippen LogP contribution is 2.62. The molecule has 2 aromatic rings. The lowest BCUT2D eigenvalue weighted by molar-refractivity contribution is -0.138. The number of carbonyl (C=O) groups excluding carboxylic acids is 4. The number of aliphatic hydroxyl groups excluding tert-OH is 3. The topological polar surface area (TPSA) is 182 Å². The van der Waals surface area contributed by atoms with Crippen molar-refractivity contribution in [2.45, 2.75) is 80.4 Å². The van der Waals surface area contributed by atoms with E-state index in [1.165, 1.54) is 19.1 Å². The smallest absolute Gasteiger partial charge is 0.396 e. The summed E-state index contributed by atoms with van der Waals surface area (Å²) in [5.74, 6) is -6.32. The fourth-order valence-corrected chi connectivity index (χ4v) is 9.75. The van der Waals surface area contributed by atoms with Crippen LogP contribution < -0.4 is 9.80 Å². The third-order valence-corrected chi connectivity index (χ3v) is 12.1. The Morgan fingerprint density at radius 3 is 2.00 bits per heavy atom. The predicted octanol–water partition coefficient (Wildman–Crippen LogP) is 4.03. The third kappa shape index (κ3) is 5.54. The number of amides is 4. The van der Waals surface area contributed by atoms with Gasteiger partial charge in [0.25, 0.3) is 0 Å². The highest BCUT2D eigenvalue weighted by molar-refractivity contribution is 6.24. The zero-order valence-corrected chi connectivity index (χ0v) is 29.2. The Hall–Kier alpha value is -4.92. The number of hydrogen-bond acceptors (Lipinski definition) is 10. The number of halogens is 6. The number of aliphatic hydroxyl groups is 3. The summed E-state index contributed by atoms with van der Waals surface area (Å²) in [7, 11) is 0. The maximum atomic E-state index is 13.3. The van der Waals surface area contributed by atoms with E-state index in [1.54, 1.807) is 0 Å². The van der Waals surface area contributed by atoms with E-state index < -0.39 is 111 Å². The van der Waals surface area contributed by atoms with Crippen LogP contribution in [0.1, 0.15) is 55.7 Å². The number of nitriles is 1. The Kier molecular flexibility index (Phi) is 9.18. The van der Waals surface area contributed by atoms with Crippen LogP contribution in [0, 0.1) is 41.6 Å². The molecule has 6 fully saturated rings. The van der Waals surface area contributed by atoms with Crippen molar-refractivity contribution >= 4 is 40.7 Å². The largest absolute Gasteiger partial charge is 0.417 e. The molecule has 0 radical (unpaired) electrons. The van der Waals surface area contributed by atoms with Crippen molar-refractivity contribution in [2.24, 2.45) is 23.7 Å². The normalized spacial score (nSPS) is 34.1. The molecule has 3 N–H and O–H groups in total. The molecule has 13 nitrogen and oxygen atoms in total. The van der Waals surface area contributed by atoms with Gasteiger partial charge in [-0.2, -0.15) is 31.6 Å². The van der Waals surface area contributed by atoms with Crippen molar-refractivity contribution in [3.63, 3.8) is 0 Å². The summed E-state index contributed by atoms with van der Waals surface area (Å²) in [6.45, 7) is 7.86. The molecule has 4 unspecified atom stereocenters. The fraction of sp³-hybridized carbons (Fsp3) is 0.514. The number of alkyl halides is 6. The molecule has 6 heterocycles. The molecule has 4 amide bonds. The van der Waals surface area contributed by atoms with Crippen LogP contribution in [-0.2, 0) is 41.0 Å². The first-order valence-corrected chi connectivity index (χ1v) is 17.5. The van der Waals surface area contributed by atoms with Crippen LogP contribution in [-0.4, -0.2) is 81.2 Å². The van der Waals surface area contributed by atoms with Gasteiger partial charge in [0.2, 0.25) is 23.6 Å². The third-order valence-electron chi connectivity index (χ3n) is 12.1. The van der Waals surface area contributed by atoms with Gasteiger partial charge in [-0.25, -0.2) is 14.6 Å². The average Bonchev–Trinajstić information content (AvgIpc) is 3.93. The van der Waals surface area contributed by atoms with E-state index in [1.807, 2.05) is 0 Å². The number of anilines is 2. The summed E-state index contributed by atoms with van der Waals surface area (Å²) in [6, 6.07) is 6.93. The second kappa shape index (κ2) is 13.1. The van der Waals surface area contributed by atoms with Crippen LogP contribution >= 0.6 is 0 Å². The van der Waals surface area contributed by atoms with E-state index in [0.29, 0.717) is 29.9 Å². The summed E-state index contributed by atoms with van der Waals surface area (Å²) in [5, 5.41) is 38.1. The summed E-state index contributed by atoms with van der Waals surface area (Å²) >= 11 is 0. The molecule has 6 aliphatic rings. The zero-order chi connectivity index (χ0) is 40.9. The maximum Gasteiger partial charge on any atom is 0.417 e. The molecule has 0 saturated carbocycles. The van der Waals surface area contributed by atoms with Crippen LogP contribution in [0.15, 0.2) is 36.4 Å². The molecule has 9 atom stereocenters. The summed E-state index contributed by atoms with van der Waals surface area (Å²) in [5.41, 5.74) is -7.69. The molecular formula is C37H32F6N4O9. The lowest BCUT2D eigenvalue weighted by Gasteiger charge is -2.33. The SMILES string of the molecule is N#Cc1ccc(N2C(=O)[C@H]3C4CCC(CCO)(O4)[C@H]3C2=O)cc1C(F)(F)F.[C-]#[N+]c1ccc(N2C(=O)[C@@H]3[C@H](C2=O)C2(C)OC3(CCO)C[C@H]2O)cc1C(F)(F)F. The number of ether oxygens (including phenoxy) is 2. The number of carbonyl (C=O) groups is 4. The second-order valence-electron chi connectivity index (χ2n) is 14.9. The van der Waals surface area contributed by atoms with E-state index in [2.05, 4.69) is 4.85 Å². The van der Waals surface area contributed by atoms with E-state index in [0.717, 1.165) is 23.1 Å². The Morgan fingerprint density at radius 1 is 0.857 bits per heavy atom. The van der Waals surface area contributed by atoms with Crippen molar-refractivity contribution in [3.8, 4) is 6.07 Å². The summed E-state index contributed by atoms with van der Waals surface area (Å²) in [6.07, 6.45) is -9.81. The lowest BCUT2D eigenvalue weighted by atomic mass is 9.66. The zero-order valence-electron chi connectivity index (χ0n) is 29.2. The summed E-state index contributed by atoms with van der Waals surface area (Å²) in [4.78, 5) is 56.4. The first-order valence-electron chi connectivity index (χ1n) is 17.5. The molecule has 19 heteroatoms. The molecule has 6 aliphatic heterocycles. The first kappa shape index (κ1) is 39.3. The number of rotatable bonds is 6. The molecule has 6 saturated heterocycles. The van der Waals surface area contributed by atoms with E-state index in [9.17, 15) is 60.8 Å². The molecule has 0 aliphatic carbocycles. The van der Waals surface area contributed by atoms with Crippen LogP contribution in [0.2, 0.25) is 0 Å². The van der Waals surface area contributed by atoms with Crippen LogP contribution in [0.4, 0.5) is 43.4 Å². The average molecular weight is 791 g/mol. The van der Waals surface area contributed by atoms with Crippen LogP contribution in [0.25, 0.3) is 4.85 Å². The quantitative estimate of drug-likeness (QED) is 0.220. The number of benzene rings is 2. The fourth-order valence-electron chi connectivity index (χ4n) is 9.75. The van der Waals surface area contributed by atoms with Crippen molar-refractivity contribution < 1.29 is 70.3 Å². The molecule has 56 heavy (non-hydrogen) atoms. The van der Waals surface area contributed by atoms with Gasteiger partial charge in [0.15, 0.2) is 5.69 Å². The van der Waals surface area contributed by atoms with Crippen molar-refractivity contribution in [1.82, 2.24) is 0 Å². The monoisotopic (exact) mass is 790 g/mol. The molecule has 2 aromatic carbocycles. The number of nitrogens with zero attached hydrogens (tertiary/aromatic N) is 4. The van der Waals surface area contributed by atoms with Gasteiger partial charge in [-0.15, -0.1) is 0 Å². The minimum Gasteiger partial charge on any atom is -0.396 e. The van der Waals surface area contributed by atoms with Crippen molar-refractivity contribution in [1.29, 1.82) is 5.26 Å². The molecule has 4 bridgehead atoms. The van der Waals surface area contributed by atoms with Crippen LogP contribution in [0.5, 0.6) is 0 Å². The highest BCUT2D eigenvalue weighted by atomic mass is 19.4. The Bertz CT molecular complexity index is 2130. The van der Waals surface area contributed by atoms with Gasteiger partial charge in [0, 0.05) is 38.2 Å². The maximum absolute atomic E-state index is 13.3. The molecule has 0 aromatic heterocycles. The lowest BCUT2D eigenvalue weighted by Crippen LogP contribution is -2.49. The Balaban J connectivity index is 0.000000172. The highest BCUT2D eigenvalue weighted by Gasteiger charge is 2.77. The minimum absolute atomic E-state index is 0.0120. The summed E-state index contributed by atoms with van der Waals surface area (Å²) < 4.78 is 91.4. The molecule has 296 valence electrons. The minimum atomic E-state index is -4.83. The second-order valence-corrected chi connectivity index (χ2v) is 14.9. The van der Waals surface area contributed by atoms with Gasteiger partial charge >= 0.3 is 12.4 Å². The molecular weight excluding hydrogens is 758 g/mol. The van der Waals surface area contributed by atoms with Crippen LogP contribution in [0.3, 0.4) is 0 Å². The van der Waals surface area contributed by atoms with E-state index in [4.69, 9.17) is 21.3 Å². The number of hydrogen-bond donors (Lipinski definition) is 3. The van der Waals surface area contributed by atoms with E-state index >= 15 is 0 Å². The number of imide groups is 2. The predicted molar refractivity (Wildman–Crippen MR) is 176 cm³/mol. The van der Waals surface area contributed by atoms with Crippen molar-refractivity contribution in [3.05, 3.63) is 64.5 Å². The van der Waals surface area contributed by atoms with Gasteiger partial charge < -0.3 is 24.8 Å². The Labute approximate surface area is 313 Å². The van der Waals surface area contributed by atoms with Gasteiger partial charge in [-0.1, -0.05) is 6.07 Å². The van der Waals surface area contributed by atoms with Gasteiger partial charge in [-0.3, -0.25) is 19.2 Å². The van der Waals surface area contributed by atoms with Gasteiger partial charge in [-0.05, 0) is 50.1 Å². The standard InChI is InChI=1S/C19H17F3N2O5.C18H15F3N2O4/c1-17-12(26)8-18(29-17,5-6-25)14-13(17)15(27)24(16(14)28)9-3-4-11(23-2)10(7-9)19(20,21)22;19-18(20,21)11-7-10(2-1-9(11)8-22)23-15(25)13-12-3-4-17(27-12,5-6-24)14(13)16(23)26/h3-4,7,12-14,25-26H,5-6,8H2,1H3;1-2,7,12-14,24H,3-6H2/t12-,13-,14+,17?,18?;12?,13-,14+,17?/m10/s1. The Morgan fingerprint density at radius 2 is 1.41 bits per heavy atom. The number of fused-ring (bicyclic) bond motifs is 10. The molecule has 8 rings (SSSR count). The van der Waals surface area contributed by atoms with Crippen molar-refractivity contribution in [2.75, 3.05) is 23.0 Å². The first-order chi connectivity index (χ1) is 26.2. The molecule has 0 spiro atoms. The van der Waals surface area contributed by atoms with E-state index in [-0.39, 0.29) is 43.9 Å².